The molecule has 0 unspecified atom stereocenters. The van der Waals surface area contributed by atoms with Crippen LogP contribution in [0.5, 0.6) is 0 Å². The fourth-order valence-corrected chi connectivity index (χ4v) is 12.0. The average molecular weight is 483 g/mol. The quantitative estimate of drug-likeness (QED) is 0.0896. The molecule has 0 atom stereocenters. The van der Waals surface area contributed by atoms with Crippen molar-refractivity contribution in [1.82, 2.24) is 0 Å². The van der Waals surface area contributed by atoms with Gasteiger partial charge in [-0.1, -0.05) is 0 Å². The van der Waals surface area contributed by atoms with E-state index in [0.717, 1.165) is 57.0 Å². The van der Waals surface area contributed by atoms with E-state index >= 15 is 0 Å². The van der Waals surface area contributed by atoms with Gasteiger partial charge in [0, 0.05) is 0 Å². The van der Waals surface area contributed by atoms with Crippen LogP contribution in [-0.4, -0.2) is 38.1 Å². The number of hydrogen-bond donors (Lipinski definition) is 1. The van der Waals surface area contributed by atoms with E-state index in [-0.39, 0.29) is 0 Å². The van der Waals surface area contributed by atoms with Gasteiger partial charge in [-0.2, -0.15) is 0 Å². The topological polar surface area (TPSA) is 63.6 Å². The van der Waals surface area contributed by atoms with E-state index in [4.69, 9.17) is 3.97 Å². The molecule has 0 aromatic rings. The minimum absolute atomic E-state index is 0.835. The van der Waals surface area contributed by atoms with Crippen molar-refractivity contribution in [3.05, 3.63) is 0 Å². The van der Waals surface area contributed by atoms with Gasteiger partial charge in [-0.3, -0.25) is 0 Å². The molecule has 190 valence electrons. The van der Waals surface area contributed by atoms with E-state index in [0.29, 0.717) is 0 Å². The summed E-state index contributed by atoms with van der Waals surface area (Å²) in [7, 11) is -4.44. The number of unbranched alkanes of at least 4 members (excludes halogenated alkanes) is 15. The van der Waals surface area contributed by atoms with E-state index in [9.17, 15) is 13.0 Å². The molecule has 0 bridgehead atoms. The van der Waals surface area contributed by atoms with Crippen molar-refractivity contribution in [2.45, 2.75) is 136 Å². The SMILES string of the molecule is CCCCCCCCP(C)(CCCCCCCC)(CCCCCCCC)OS(=O)(=O)O. The fraction of sp³-hybridized carbons (Fsp3) is 1.00. The first kappa shape index (κ1) is 31.3. The number of rotatable bonds is 23. The molecule has 31 heavy (non-hydrogen) atoms. The molecular formula is C25H55O4PS. The van der Waals surface area contributed by atoms with Crippen LogP contribution in [-0.2, 0) is 14.4 Å². The molecule has 0 spiro atoms. The molecule has 0 aliphatic heterocycles. The molecule has 0 radical (unpaired) electrons. The van der Waals surface area contributed by atoms with Gasteiger partial charge in [0.2, 0.25) is 0 Å². The molecule has 0 saturated heterocycles. The van der Waals surface area contributed by atoms with Gasteiger partial charge in [0.25, 0.3) is 0 Å². The molecule has 0 fully saturated rings. The van der Waals surface area contributed by atoms with Crippen molar-refractivity contribution in [2.75, 3.05) is 25.2 Å². The monoisotopic (exact) mass is 482 g/mol. The van der Waals surface area contributed by atoms with Crippen LogP contribution in [0, 0.1) is 0 Å². The second-order valence-corrected chi connectivity index (χ2v) is 17.3. The van der Waals surface area contributed by atoms with Gasteiger partial charge in [-0.25, -0.2) is 0 Å². The van der Waals surface area contributed by atoms with Gasteiger partial charge in [0.05, 0.1) is 0 Å². The maximum atomic E-state index is 11.9. The molecule has 4 nitrogen and oxygen atoms in total. The van der Waals surface area contributed by atoms with Crippen molar-refractivity contribution in [3.8, 4) is 0 Å². The van der Waals surface area contributed by atoms with Crippen LogP contribution < -0.4 is 0 Å². The Morgan fingerprint density at radius 3 is 1.06 bits per heavy atom. The van der Waals surface area contributed by atoms with Crippen LogP contribution in [0.2, 0.25) is 0 Å². The van der Waals surface area contributed by atoms with Crippen LogP contribution in [0.3, 0.4) is 0 Å². The first-order valence-electron chi connectivity index (χ1n) is 13.4. The van der Waals surface area contributed by atoms with E-state index < -0.39 is 17.2 Å². The molecule has 6 heteroatoms. The molecule has 0 amide bonds. The van der Waals surface area contributed by atoms with Crippen molar-refractivity contribution < 1.29 is 16.9 Å². The van der Waals surface area contributed by atoms with Crippen LogP contribution in [0.1, 0.15) is 136 Å². The Bertz CT molecular complexity index is 478. The Hall–Kier alpha value is 0.300. The Balaban J connectivity index is 5.08. The van der Waals surface area contributed by atoms with Crippen molar-refractivity contribution in [3.63, 3.8) is 0 Å². The van der Waals surface area contributed by atoms with Gasteiger partial charge in [-0.05, 0) is 0 Å². The van der Waals surface area contributed by atoms with Gasteiger partial charge >= 0.3 is 196 Å². The summed E-state index contributed by atoms with van der Waals surface area (Å²) in [5, 5.41) is 0. The van der Waals surface area contributed by atoms with Crippen molar-refractivity contribution in [1.29, 1.82) is 0 Å². The molecule has 0 aromatic heterocycles. The minimum atomic E-state index is -4.44. The van der Waals surface area contributed by atoms with E-state index in [1.165, 1.54) is 77.0 Å². The van der Waals surface area contributed by atoms with E-state index in [2.05, 4.69) is 27.4 Å². The summed E-state index contributed by atoms with van der Waals surface area (Å²) in [4.78, 5) is 0. The Labute approximate surface area is 195 Å². The van der Waals surface area contributed by atoms with E-state index in [1.807, 2.05) is 0 Å². The summed E-state index contributed by atoms with van der Waals surface area (Å²) < 4.78 is 39.4. The summed E-state index contributed by atoms with van der Waals surface area (Å²) in [5.74, 6) is 0. The van der Waals surface area contributed by atoms with Crippen molar-refractivity contribution in [2.24, 2.45) is 0 Å². The third-order valence-electron chi connectivity index (χ3n) is 6.76. The van der Waals surface area contributed by atoms with Gasteiger partial charge in [-0.15, -0.1) is 0 Å². The van der Waals surface area contributed by atoms with E-state index in [1.54, 1.807) is 0 Å². The molecule has 0 saturated carbocycles. The summed E-state index contributed by atoms with van der Waals surface area (Å²) in [5.41, 5.74) is 0. The summed E-state index contributed by atoms with van der Waals surface area (Å²) in [6.45, 7) is 5.81. The van der Waals surface area contributed by atoms with Gasteiger partial charge in [0.1, 0.15) is 0 Å². The van der Waals surface area contributed by atoms with Gasteiger partial charge in [0.15, 0.2) is 0 Å². The fourth-order valence-electron chi connectivity index (χ4n) is 4.76. The maximum absolute atomic E-state index is 11.9. The standard InChI is InChI=1S/C25H55O4PS/c1-5-8-11-14-17-20-23-30(4,29-31(26,27)28,24-21-18-15-12-9-6-2)25-22-19-16-13-10-7-3/h5-25H2,1-4H3,(H,26,27,28). The van der Waals surface area contributed by atoms with Crippen LogP contribution in [0.4, 0.5) is 0 Å². The summed E-state index contributed by atoms with van der Waals surface area (Å²) in [6.07, 6.45) is 23.8. The second-order valence-electron chi connectivity index (χ2n) is 10.2. The average Bonchev–Trinajstić information content (AvgIpc) is 2.69. The molecule has 0 aliphatic carbocycles. The van der Waals surface area contributed by atoms with Crippen LogP contribution in [0.15, 0.2) is 0 Å². The second kappa shape index (κ2) is 17.7. The molecular weight excluding hydrogens is 427 g/mol. The number of hydrogen-bond acceptors (Lipinski definition) is 3. The molecule has 0 heterocycles. The van der Waals surface area contributed by atoms with Gasteiger partial charge < -0.3 is 0 Å². The summed E-state index contributed by atoms with van der Waals surface area (Å²) >= 11 is 0. The molecule has 0 aromatic carbocycles. The Morgan fingerprint density at radius 1 is 0.548 bits per heavy atom. The molecule has 0 rings (SSSR count). The zero-order valence-electron chi connectivity index (χ0n) is 21.4. The predicted octanol–water partition coefficient (Wildman–Crippen LogP) is 8.99. The zero-order chi connectivity index (χ0) is 23.5. The first-order valence-corrected chi connectivity index (χ1v) is 17.9. The summed E-state index contributed by atoms with van der Waals surface area (Å²) in [6, 6.07) is 0. The van der Waals surface area contributed by atoms with Crippen molar-refractivity contribution >= 4 is 17.2 Å². The third kappa shape index (κ3) is 17.4. The van der Waals surface area contributed by atoms with Crippen LogP contribution in [0.25, 0.3) is 0 Å². The van der Waals surface area contributed by atoms with Crippen LogP contribution >= 0.6 is 6.83 Å². The molecule has 0 aliphatic rings. The first-order chi connectivity index (χ1) is 14.7. The normalized spacial score (nSPS) is 13.9. The zero-order valence-corrected chi connectivity index (χ0v) is 23.1. The Kier molecular flexibility index (Phi) is 17.9. The predicted molar refractivity (Wildman–Crippen MR) is 140 cm³/mol. The molecule has 1 N–H and O–H groups in total. The third-order valence-corrected chi connectivity index (χ3v) is 14.1. The Morgan fingerprint density at radius 2 is 0.806 bits per heavy atom.